The number of aromatic nitrogens is 1. The highest BCUT2D eigenvalue weighted by atomic mass is 35.5. The molecule has 1 unspecified atom stereocenters. The molecule has 1 atom stereocenters. The molecule has 0 saturated carbocycles. The number of carbonyl (C=O) groups excluding carboxylic acids is 4. The number of benzene rings is 4. The number of nitrogens with zero attached hydrogens (tertiary/aromatic N) is 2. The van der Waals surface area contributed by atoms with Gasteiger partial charge in [-0.15, -0.1) is 0 Å². The molecule has 7 nitrogen and oxygen atoms in total. The lowest BCUT2D eigenvalue weighted by molar-refractivity contribution is 0.0268. The highest BCUT2D eigenvalue weighted by Crippen LogP contribution is 2.33. The summed E-state index contributed by atoms with van der Waals surface area (Å²) in [6, 6.07) is 27.3. The monoisotopic (exact) mass is 602 g/mol. The van der Waals surface area contributed by atoms with E-state index < -0.39 is 12.1 Å². The van der Waals surface area contributed by atoms with E-state index in [9.17, 15) is 19.2 Å². The number of imide groups is 1. The molecule has 44 heavy (non-hydrogen) atoms. The molecule has 1 aromatic heterocycles. The minimum absolute atomic E-state index is 0.246. The van der Waals surface area contributed by atoms with Crippen LogP contribution in [0.15, 0.2) is 97.1 Å². The summed E-state index contributed by atoms with van der Waals surface area (Å²) in [5, 5.41) is 1.04. The summed E-state index contributed by atoms with van der Waals surface area (Å²) in [6.07, 6.45) is 0.0702. The van der Waals surface area contributed by atoms with Crippen LogP contribution in [0, 0.1) is 6.92 Å². The van der Waals surface area contributed by atoms with Gasteiger partial charge >= 0.3 is 5.97 Å². The van der Waals surface area contributed by atoms with E-state index in [1.807, 2.05) is 19.9 Å². The number of ketones is 1. The fourth-order valence-electron chi connectivity index (χ4n) is 5.41. The zero-order valence-electron chi connectivity index (χ0n) is 24.0. The van der Waals surface area contributed by atoms with Crippen LogP contribution in [-0.4, -0.2) is 34.7 Å². The molecule has 0 aliphatic carbocycles. The van der Waals surface area contributed by atoms with Gasteiger partial charge in [-0.2, -0.15) is 0 Å². The van der Waals surface area contributed by atoms with Gasteiger partial charge in [-0.25, -0.2) is 14.7 Å². The van der Waals surface area contributed by atoms with Crippen molar-refractivity contribution in [3.05, 3.63) is 130 Å². The highest BCUT2D eigenvalue weighted by molar-refractivity contribution is 6.34. The molecule has 0 radical (unpaired) electrons. The summed E-state index contributed by atoms with van der Waals surface area (Å²) in [6.45, 7) is 3.75. The third-order valence-corrected chi connectivity index (χ3v) is 8.16. The Hall–Kier alpha value is -5.14. The van der Waals surface area contributed by atoms with Gasteiger partial charge in [0.1, 0.15) is 0 Å². The largest absolute Gasteiger partial charge is 0.450 e. The van der Waals surface area contributed by atoms with Crippen LogP contribution >= 0.6 is 11.6 Å². The number of halogens is 1. The Morgan fingerprint density at radius 2 is 1.50 bits per heavy atom. The van der Waals surface area contributed by atoms with Crippen LogP contribution in [0.1, 0.15) is 66.8 Å². The number of hydrogen-bond acceptors (Lipinski definition) is 6. The summed E-state index contributed by atoms with van der Waals surface area (Å²) >= 11 is 6.44. The molecule has 2 amide bonds. The minimum atomic E-state index is -0.950. The normalized spacial score (nSPS) is 13.2. The Labute approximate surface area is 259 Å². The lowest BCUT2D eigenvalue weighted by atomic mass is 10.0. The second-order valence-electron chi connectivity index (χ2n) is 10.6. The number of Topliss-reactive ketones (excluding diaryl/α,β-unsaturated/α-hetero) is 1. The maximum absolute atomic E-state index is 13.8. The van der Waals surface area contributed by atoms with Crippen LogP contribution in [0.3, 0.4) is 0 Å². The Bertz CT molecular complexity index is 1920. The van der Waals surface area contributed by atoms with E-state index in [4.69, 9.17) is 21.3 Å². The molecule has 0 saturated heterocycles. The predicted molar refractivity (Wildman–Crippen MR) is 169 cm³/mol. The molecule has 2 heterocycles. The topological polar surface area (TPSA) is 93.6 Å². The van der Waals surface area contributed by atoms with Crippen molar-refractivity contribution in [1.82, 2.24) is 4.98 Å². The first-order chi connectivity index (χ1) is 21.3. The summed E-state index contributed by atoms with van der Waals surface area (Å²) in [7, 11) is 0. The number of pyridine rings is 1. The molecule has 0 N–H and O–H groups in total. The van der Waals surface area contributed by atoms with E-state index in [1.54, 1.807) is 91.0 Å². The van der Waals surface area contributed by atoms with Crippen molar-refractivity contribution in [2.24, 2.45) is 0 Å². The summed E-state index contributed by atoms with van der Waals surface area (Å²) in [5.74, 6) is -1.68. The van der Waals surface area contributed by atoms with Crippen LogP contribution in [-0.2, 0) is 4.74 Å². The number of aryl methyl sites for hydroxylation is 1. The second kappa shape index (κ2) is 11.9. The van der Waals surface area contributed by atoms with Crippen LogP contribution in [0.25, 0.3) is 22.2 Å². The third kappa shape index (κ3) is 5.16. The number of ether oxygens (including phenoxy) is 1. The van der Waals surface area contributed by atoms with Crippen LogP contribution < -0.4 is 4.90 Å². The summed E-state index contributed by atoms with van der Waals surface area (Å²) in [5.41, 5.74) is 4.18. The van der Waals surface area contributed by atoms with E-state index in [-0.39, 0.29) is 23.2 Å². The van der Waals surface area contributed by atoms with Crippen LogP contribution in [0.5, 0.6) is 0 Å². The second-order valence-corrected chi connectivity index (χ2v) is 11.0. The van der Waals surface area contributed by atoms with E-state index >= 15 is 0 Å². The Morgan fingerprint density at radius 3 is 2.14 bits per heavy atom. The van der Waals surface area contributed by atoms with Gasteiger partial charge in [0.25, 0.3) is 11.8 Å². The number of amides is 2. The van der Waals surface area contributed by atoms with E-state index in [2.05, 4.69) is 0 Å². The van der Waals surface area contributed by atoms with Crippen molar-refractivity contribution in [1.29, 1.82) is 0 Å². The summed E-state index contributed by atoms with van der Waals surface area (Å²) in [4.78, 5) is 58.9. The Balaban J connectivity index is 1.36. The van der Waals surface area contributed by atoms with Crippen molar-refractivity contribution < 1.29 is 23.9 Å². The number of carbonyl (C=O) groups is 4. The van der Waals surface area contributed by atoms with Gasteiger partial charge in [0, 0.05) is 21.5 Å². The smallest absolute Gasteiger partial charge is 0.339 e. The van der Waals surface area contributed by atoms with Crippen molar-refractivity contribution in [2.75, 3.05) is 4.90 Å². The van der Waals surface area contributed by atoms with Crippen LogP contribution in [0.4, 0.5) is 5.69 Å². The van der Waals surface area contributed by atoms with E-state index in [0.717, 1.165) is 4.90 Å². The molecule has 0 spiro atoms. The third-order valence-electron chi connectivity index (χ3n) is 7.75. The molecule has 0 fully saturated rings. The zero-order chi connectivity index (χ0) is 31.0. The number of esters is 1. The lowest BCUT2D eigenvalue weighted by Crippen LogP contribution is -2.29. The first-order valence-corrected chi connectivity index (χ1v) is 14.6. The average Bonchev–Trinajstić information content (AvgIpc) is 3.31. The van der Waals surface area contributed by atoms with Crippen molar-refractivity contribution >= 4 is 51.8 Å². The number of anilines is 1. The number of rotatable bonds is 8. The van der Waals surface area contributed by atoms with Crippen LogP contribution in [0.2, 0.25) is 5.02 Å². The van der Waals surface area contributed by atoms with Crippen molar-refractivity contribution in [2.45, 2.75) is 32.8 Å². The lowest BCUT2D eigenvalue weighted by Gasteiger charge is -2.18. The molecular weight excluding hydrogens is 576 g/mol. The molecule has 4 aromatic carbocycles. The average molecular weight is 603 g/mol. The fraction of sp³-hybridized carbons (Fsp3) is 0.139. The Kier molecular flexibility index (Phi) is 7.80. The minimum Gasteiger partial charge on any atom is -0.450 e. The van der Waals surface area contributed by atoms with Gasteiger partial charge in [0.15, 0.2) is 6.10 Å². The maximum atomic E-state index is 13.8. The molecule has 5 aromatic rings. The first kappa shape index (κ1) is 29.0. The molecule has 6 rings (SSSR count). The molecule has 8 heteroatoms. The summed E-state index contributed by atoms with van der Waals surface area (Å²) < 4.78 is 5.87. The zero-order valence-corrected chi connectivity index (χ0v) is 24.8. The fourth-order valence-corrected chi connectivity index (χ4v) is 5.57. The molecular formula is C36H27ClN2O5. The maximum Gasteiger partial charge on any atom is 0.339 e. The van der Waals surface area contributed by atoms with Gasteiger partial charge in [-0.3, -0.25) is 14.4 Å². The van der Waals surface area contributed by atoms with E-state index in [0.29, 0.717) is 68.0 Å². The van der Waals surface area contributed by atoms with E-state index in [1.165, 1.54) is 0 Å². The number of hydrogen-bond donors (Lipinski definition) is 0. The Morgan fingerprint density at radius 1 is 0.864 bits per heavy atom. The van der Waals surface area contributed by atoms with Crippen molar-refractivity contribution in [3.8, 4) is 11.3 Å². The molecule has 0 bridgehead atoms. The van der Waals surface area contributed by atoms with Gasteiger partial charge in [-0.05, 0) is 55.3 Å². The highest BCUT2D eigenvalue weighted by Gasteiger charge is 2.36. The first-order valence-electron chi connectivity index (χ1n) is 14.3. The standard InChI is InChI=1S/C36H27ClN2O5/c1-3-9-31(33(40)23-10-5-4-6-11-23)44-36(43)28-20-30(38-32-21(2)29(37)19-18-25(28)32)22-14-16-24(17-15-22)39-34(41)26-12-7-8-13-27(26)35(39)42/h4-8,10-20,31H,3,9H2,1-2H3. The number of fused-ring (bicyclic) bond motifs is 2. The quantitative estimate of drug-likeness (QED) is 0.102. The molecule has 218 valence electrons. The van der Waals surface area contributed by atoms with Crippen molar-refractivity contribution in [3.63, 3.8) is 0 Å². The van der Waals surface area contributed by atoms with Gasteiger partial charge in [-0.1, -0.05) is 85.6 Å². The predicted octanol–water partition coefficient (Wildman–Crippen LogP) is 7.87. The molecule has 1 aliphatic heterocycles. The van der Waals surface area contributed by atoms with Gasteiger partial charge < -0.3 is 4.74 Å². The van der Waals surface area contributed by atoms with Gasteiger partial charge in [0.2, 0.25) is 5.78 Å². The SMILES string of the molecule is CCCC(OC(=O)c1cc(-c2ccc(N3C(=O)c4ccccc4C3=O)cc2)nc2c(C)c(Cl)ccc12)C(=O)c1ccccc1. The van der Waals surface area contributed by atoms with Gasteiger partial charge in [0.05, 0.1) is 33.6 Å². The molecule has 1 aliphatic rings.